The van der Waals surface area contributed by atoms with Gasteiger partial charge in [0, 0.05) is 6.54 Å². The van der Waals surface area contributed by atoms with Gasteiger partial charge in [-0.3, -0.25) is 0 Å². The van der Waals surface area contributed by atoms with Crippen LogP contribution in [0.15, 0.2) is 0 Å². The first-order valence-corrected chi connectivity index (χ1v) is 8.60. The molecule has 0 spiro atoms. The molecule has 2 rings (SSSR count). The van der Waals surface area contributed by atoms with Crippen LogP contribution in [0.1, 0.15) is 65.2 Å². The van der Waals surface area contributed by atoms with Crippen molar-refractivity contribution in [1.82, 2.24) is 4.90 Å². The number of hydrogen-bond acceptors (Lipinski definition) is 2. The first-order valence-electron chi connectivity index (χ1n) is 8.60. The molecule has 1 heterocycles. The van der Waals surface area contributed by atoms with Gasteiger partial charge in [-0.05, 0) is 62.6 Å². The van der Waals surface area contributed by atoms with E-state index in [9.17, 15) is 0 Å². The molecule has 19 heavy (non-hydrogen) atoms. The highest BCUT2D eigenvalue weighted by molar-refractivity contribution is 4.90. The molecule has 0 bridgehead atoms. The first-order chi connectivity index (χ1) is 9.17. The van der Waals surface area contributed by atoms with Crippen molar-refractivity contribution in [3.8, 4) is 0 Å². The molecule has 1 aliphatic heterocycles. The average Bonchev–Trinajstić information content (AvgIpc) is 2.41. The molecule has 2 N–H and O–H groups in total. The lowest BCUT2D eigenvalue weighted by molar-refractivity contribution is 0.0666. The van der Waals surface area contributed by atoms with E-state index in [0.29, 0.717) is 5.41 Å². The summed E-state index contributed by atoms with van der Waals surface area (Å²) in [5.74, 6) is 1.88. The molecule has 0 amide bonds. The molecule has 2 fully saturated rings. The molecule has 0 radical (unpaired) electrons. The van der Waals surface area contributed by atoms with Crippen LogP contribution in [0.5, 0.6) is 0 Å². The summed E-state index contributed by atoms with van der Waals surface area (Å²) in [5.41, 5.74) is 6.61. The Morgan fingerprint density at radius 3 is 2.53 bits per heavy atom. The lowest BCUT2D eigenvalue weighted by Crippen LogP contribution is -2.47. The SMILES string of the molecule is CCCC1CCN(CC2(CN)CCCC(C)C2)CC1. The molecule has 2 atom stereocenters. The van der Waals surface area contributed by atoms with Crippen molar-refractivity contribution in [2.75, 3.05) is 26.2 Å². The normalized spacial score (nSPS) is 34.6. The highest BCUT2D eigenvalue weighted by Crippen LogP contribution is 2.39. The molecule has 0 aromatic carbocycles. The fraction of sp³-hybridized carbons (Fsp3) is 1.00. The Morgan fingerprint density at radius 1 is 1.21 bits per heavy atom. The van der Waals surface area contributed by atoms with Crippen LogP contribution >= 0.6 is 0 Å². The lowest BCUT2D eigenvalue weighted by atomic mass is 9.69. The number of hydrogen-bond donors (Lipinski definition) is 1. The number of piperidine rings is 1. The Hall–Kier alpha value is -0.0800. The third-order valence-electron chi connectivity index (χ3n) is 5.58. The molecule has 1 saturated carbocycles. The zero-order chi connectivity index (χ0) is 13.7. The van der Waals surface area contributed by atoms with Crippen molar-refractivity contribution in [3.63, 3.8) is 0 Å². The molecule has 2 aliphatic rings. The molecular formula is C17H34N2. The quantitative estimate of drug-likeness (QED) is 0.823. The Labute approximate surface area is 120 Å². The van der Waals surface area contributed by atoms with Crippen LogP contribution < -0.4 is 5.73 Å². The van der Waals surface area contributed by atoms with E-state index in [1.807, 2.05) is 0 Å². The summed E-state index contributed by atoms with van der Waals surface area (Å²) in [4.78, 5) is 2.72. The summed E-state index contributed by atoms with van der Waals surface area (Å²) in [6, 6.07) is 0. The van der Waals surface area contributed by atoms with E-state index in [0.717, 1.165) is 18.4 Å². The summed E-state index contributed by atoms with van der Waals surface area (Å²) in [7, 11) is 0. The summed E-state index contributed by atoms with van der Waals surface area (Å²) in [6.07, 6.45) is 11.2. The number of nitrogens with two attached hydrogens (primary N) is 1. The Bertz CT molecular complexity index is 258. The van der Waals surface area contributed by atoms with Crippen molar-refractivity contribution in [2.45, 2.75) is 65.2 Å². The molecule has 1 aliphatic carbocycles. The van der Waals surface area contributed by atoms with Crippen LogP contribution in [0.4, 0.5) is 0 Å². The smallest absolute Gasteiger partial charge is 0.00502 e. The van der Waals surface area contributed by atoms with E-state index in [1.165, 1.54) is 71.0 Å². The Kier molecular flexibility index (Phi) is 5.70. The fourth-order valence-electron chi connectivity index (χ4n) is 4.48. The van der Waals surface area contributed by atoms with E-state index in [1.54, 1.807) is 0 Å². The number of nitrogens with zero attached hydrogens (tertiary/aromatic N) is 1. The molecular weight excluding hydrogens is 232 g/mol. The second kappa shape index (κ2) is 7.08. The van der Waals surface area contributed by atoms with E-state index < -0.39 is 0 Å². The minimum absolute atomic E-state index is 0.440. The van der Waals surface area contributed by atoms with Gasteiger partial charge in [0.05, 0.1) is 0 Å². The van der Waals surface area contributed by atoms with Gasteiger partial charge in [-0.15, -0.1) is 0 Å². The van der Waals surface area contributed by atoms with Gasteiger partial charge in [-0.25, -0.2) is 0 Å². The van der Waals surface area contributed by atoms with Gasteiger partial charge in [0.15, 0.2) is 0 Å². The maximum atomic E-state index is 6.17. The number of likely N-dealkylation sites (tertiary alicyclic amines) is 1. The Morgan fingerprint density at radius 2 is 1.95 bits per heavy atom. The monoisotopic (exact) mass is 266 g/mol. The zero-order valence-electron chi connectivity index (χ0n) is 13.2. The van der Waals surface area contributed by atoms with Crippen molar-refractivity contribution < 1.29 is 0 Å². The summed E-state index contributed by atoms with van der Waals surface area (Å²) in [6.45, 7) is 9.54. The van der Waals surface area contributed by atoms with Crippen LogP contribution in [0.25, 0.3) is 0 Å². The largest absolute Gasteiger partial charge is 0.330 e. The Balaban J connectivity index is 1.82. The third-order valence-corrected chi connectivity index (χ3v) is 5.58. The number of rotatable bonds is 5. The molecule has 2 heteroatoms. The van der Waals surface area contributed by atoms with Crippen LogP contribution in [-0.2, 0) is 0 Å². The van der Waals surface area contributed by atoms with Gasteiger partial charge >= 0.3 is 0 Å². The molecule has 1 saturated heterocycles. The van der Waals surface area contributed by atoms with Gasteiger partial charge in [0.1, 0.15) is 0 Å². The minimum Gasteiger partial charge on any atom is -0.330 e. The highest BCUT2D eigenvalue weighted by Gasteiger charge is 2.36. The maximum Gasteiger partial charge on any atom is 0.00502 e. The second-order valence-electron chi connectivity index (χ2n) is 7.41. The van der Waals surface area contributed by atoms with Crippen molar-refractivity contribution in [3.05, 3.63) is 0 Å². The third kappa shape index (κ3) is 4.19. The first kappa shape index (κ1) is 15.3. The summed E-state index contributed by atoms with van der Waals surface area (Å²) in [5, 5.41) is 0. The molecule has 2 nitrogen and oxygen atoms in total. The molecule has 0 aromatic rings. The summed E-state index contributed by atoms with van der Waals surface area (Å²) >= 11 is 0. The van der Waals surface area contributed by atoms with E-state index in [2.05, 4.69) is 18.7 Å². The fourth-order valence-corrected chi connectivity index (χ4v) is 4.48. The zero-order valence-corrected chi connectivity index (χ0v) is 13.2. The van der Waals surface area contributed by atoms with Crippen LogP contribution in [0, 0.1) is 17.3 Å². The van der Waals surface area contributed by atoms with E-state index in [4.69, 9.17) is 5.73 Å². The lowest BCUT2D eigenvalue weighted by Gasteiger charge is -2.44. The van der Waals surface area contributed by atoms with Gasteiger partial charge in [-0.2, -0.15) is 0 Å². The van der Waals surface area contributed by atoms with Gasteiger partial charge in [0.25, 0.3) is 0 Å². The average molecular weight is 266 g/mol. The van der Waals surface area contributed by atoms with Crippen molar-refractivity contribution >= 4 is 0 Å². The highest BCUT2D eigenvalue weighted by atomic mass is 15.1. The van der Waals surface area contributed by atoms with Crippen molar-refractivity contribution in [1.29, 1.82) is 0 Å². The standard InChI is InChI=1S/C17H34N2/c1-3-5-16-7-10-19(11-8-16)14-17(13-18)9-4-6-15(2)12-17/h15-16H,3-14,18H2,1-2H3. The van der Waals surface area contributed by atoms with Crippen LogP contribution in [0.3, 0.4) is 0 Å². The topological polar surface area (TPSA) is 29.3 Å². The molecule has 0 aromatic heterocycles. The van der Waals surface area contributed by atoms with Gasteiger partial charge < -0.3 is 10.6 Å². The minimum atomic E-state index is 0.440. The maximum absolute atomic E-state index is 6.17. The summed E-state index contributed by atoms with van der Waals surface area (Å²) < 4.78 is 0. The van der Waals surface area contributed by atoms with E-state index >= 15 is 0 Å². The second-order valence-corrected chi connectivity index (χ2v) is 7.41. The van der Waals surface area contributed by atoms with Crippen LogP contribution in [-0.4, -0.2) is 31.1 Å². The predicted octanol–water partition coefficient (Wildman–Crippen LogP) is 3.65. The van der Waals surface area contributed by atoms with Crippen molar-refractivity contribution in [2.24, 2.45) is 23.0 Å². The predicted molar refractivity (Wildman–Crippen MR) is 83.2 cm³/mol. The van der Waals surface area contributed by atoms with Gasteiger partial charge in [-0.1, -0.05) is 39.5 Å². The molecule has 2 unspecified atom stereocenters. The van der Waals surface area contributed by atoms with Gasteiger partial charge in [0.2, 0.25) is 0 Å². The van der Waals surface area contributed by atoms with Crippen LogP contribution in [0.2, 0.25) is 0 Å². The molecule has 112 valence electrons. The van der Waals surface area contributed by atoms with E-state index in [-0.39, 0.29) is 0 Å².